The molecule has 130 valence electrons. The molecule has 0 fully saturated rings. The molecule has 0 atom stereocenters. The van der Waals surface area contributed by atoms with Gasteiger partial charge < -0.3 is 10.6 Å². The van der Waals surface area contributed by atoms with Crippen LogP contribution in [0.1, 0.15) is 16.8 Å². The summed E-state index contributed by atoms with van der Waals surface area (Å²) in [6, 6.07) is 19.0. The SMILES string of the molecule is Cc1cc(NCCc2ccc(Cl)cc2)nc(Nc2ccc(C#N)cc2)n1. The lowest BCUT2D eigenvalue weighted by Crippen LogP contribution is -2.08. The molecule has 0 saturated carbocycles. The Bertz CT molecular complexity index is 914. The summed E-state index contributed by atoms with van der Waals surface area (Å²) in [5.74, 6) is 1.28. The molecule has 2 aromatic carbocycles. The molecule has 3 rings (SSSR count). The van der Waals surface area contributed by atoms with Crippen LogP contribution in [-0.2, 0) is 6.42 Å². The molecule has 0 unspecified atom stereocenters. The zero-order valence-electron chi connectivity index (χ0n) is 14.3. The van der Waals surface area contributed by atoms with Crippen LogP contribution < -0.4 is 10.6 Å². The van der Waals surface area contributed by atoms with E-state index in [4.69, 9.17) is 16.9 Å². The average molecular weight is 364 g/mol. The van der Waals surface area contributed by atoms with E-state index in [2.05, 4.69) is 26.7 Å². The maximum Gasteiger partial charge on any atom is 0.229 e. The van der Waals surface area contributed by atoms with Crippen molar-refractivity contribution in [3.63, 3.8) is 0 Å². The molecule has 0 aliphatic carbocycles. The minimum atomic E-state index is 0.517. The Morgan fingerprint density at radius 1 is 1.04 bits per heavy atom. The summed E-state index contributed by atoms with van der Waals surface area (Å²) < 4.78 is 0. The van der Waals surface area contributed by atoms with Crippen molar-refractivity contribution in [2.75, 3.05) is 17.2 Å². The number of nitrogens with one attached hydrogen (secondary N) is 2. The fraction of sp³-hybridized carbons (Fsp3) is 0.150. The highest BCUT2D eigenvalue weighted by Crippen LogP contribution is 2.17. The summed E-state index contributed by atoms with van der Waals surface area (Å²) in [5.41, 5.74) is 3.53. The molecule has 0 amide bonds. The van der Waals surface area contributed by atoms with Crippen molar-refractivity contribution in [2.24, 2.45) is 0 Å². The van der Waals surface area contributed by atoms with E-state index in [-0.39, 0.29) is 0 Å². The van der Waals surface area contributed by atoms with Gasteiger partial charge in [0.1, 0.15) is 5.82 Å². The van der Waals surface area contributed by atoms with E-state index in [0.29, 0.717) is 11.5 Å². The Morgan fingerprint density at radius 3 is 2.46 bits per heavy atom. The number of nitriles is 1. The molecule has 0 saturated heterocycles. The minimum Gasteiger partial charge on any atom is -0.370 e. The molecule has 0 aliphatic rings. The van der Waals surface area contributed by atoms with Crippen molar-refractivity contribution in [1.29, 1.82) is 5.26 Å². The molecular formula is C20H18ClN5. The Morgan fingerprint density at radius 2 is 1.77 bits per heavy atom. The Labute approximate surface area is 157 Å². The van der Waals surface area contributed by atoms with E-state index in [1.807, 2.05) is 49.4 Å². The van der Waals surface area contributed by atoms with Gasteiger partial charge in [0.25, 0.3) is 0 Å². The maximum absolute atomic E-state index is 8.86. The number of benzene rings is 2. The number of hydrogen-bond donors (Lipinski definition) is 2. The first-order valence-corrected chi connectivity index (χ1v) is 8.61. The predicted molar refractivity (Wildman–Crippen MR) is 105 cm³/mol. The molecule has 0 aliphatic heterocycles. The van der Waals surface area contributed by atoms with E-state index in [9.17, 15) is 0 Å². The maximum atomic E-state index is 8.86. The lowest BCUT2D eigenvalue weighted by Gasteiger charge is -2.10. The normalized spacial score (nSPS) is 10.2. The summed E-state index contributed by atoms with van der Waals surface area (Å²) in [6.45, 7) is 2.68. The largest absolute Gasteiger partial charge is 0.370 e. The molecular weight excluding hydrogens is 346 g/mol. The fourth-order valence-corrected chi connectivity index (χ4v) is 2.58. The quantitative estimate of drug-likeness (QED) is 0.663. The van der Waals surface area contributed by atoms with Crippen molar-refractivity contribution in [3.05, 3.63) is 76.4 Å². The monoisotopic (exact) mass is 363 g/mol. The van der Waals surface area contributed by atoms with E-state index in [0.717, 1.165) is 35.2 Å². The van der Waals surface area contributed by atoms with Crippen molar-refractivity contribution >= 4 is 29.1 Å². The number of hydrogen-bond acceptors (Lipinski definition) is 5. The Balaban J connectivity index is 1.63. The molecule has 6 heteroatoms. The van der Waals surface area contributed by atoms with Crippen LogP contribution in [0.15, 0.2) is 54.6 Å². The summed E-state index contributed by atoms with van der Waals surface area (Å²) in [5, 5.41) is 16.1. The molecule has 1 aromatic heterocycles. The topological polar surface area (TPSA) is 73.6 Å². The van der Waals surface area contributed by atoms with Crippen LogP contribution in [0.3, 0.4) is 0 Å². The van der Waals surface area contributed by atoms with Crippen LogP contribution in [0.4, 0.5) is 17.5 Å². The summed E-state index contributed by atoms with van der Waals surface area (Å²) in [4.78, 5) is 8.90. The van der Waals surface area contributed by atoms with Crippen LogP contribution in [0.2, 0.25) is 5.02 Å². The molecule has 0 bridgehead atoms. The number of aryl methyl sites for hydroxylation is 1. The first kappa shape index (κ1) is 17.7. The van der Waals surface area contributed by atoms with E-state index in [1.54, 1.807) is 12.1 Å². The summed E-state index contributed by atoms with van der Waals surface area (Å²) >= 11 is 5.90. The van der Waals surface area contributed by atoms with Gasteiger partial charge in [-0.1, -0.05) is 23.7 Å². The van der Waals surface area contributed by atoms with Crippen LogP contribution in [0.25, 0.3) is 0 Å². The third-order valence-corrected chi connectivity index (χ3v) is 4.01. The Hall–Kier alpha value is -3.10. The molecule has 2 N–H and O–H groups in total. The lowest BCUT2D eigenvalue weighted by molar-refractivity contribution is 0.995. The van der Waals surface area contributed by atoms with Crippen molar-refractivity contribution in [2.45, 2.75) is 13.3 Å². The molecule has 26 heavy (non-hydrogen) atoms. The highest BCUT2D eigenvalue weighted by atomic mass is 35.5. The second kappa shape index (κ2) is 8.32. The van der Waals surface area contributed by atoms with Gasteiger partial charge in [-0.2, -0.15) is 10.2 Å². The van der Waals surface area contributed by atoms with E-state index >= 15 is 0 Å². The second-order valence-corrected chi connectivity index (χ2v) is 6.27. The van der Waals surface area contributed by atoms with Crippen LogP contribution in [-0.4, -0.2) is 16.5 Å². The standard InChI is InChI=1S/C20H18ClN5/c1-14-12-19(23-11-10-15-2-6-17(21)7-3-15)26-20(24-14)25-18-8-4-16(13-22)5-9-18/h2-9,12H,10-11H2,1H3,(H2,23,24,25,26). The smallest absolute Gasteiger partial charge is 0.229 e. The number of nitrogens with zero attached hydrogens (tertiary/aromatic N) is 3. The van der Waals surface area contributed by atoms with Gasteiger partial charge in [0.2, 0.25) is 5.95 Å². The molecule has 0 radical (unpaired) electrons. The summed E-state index contributed by atoms with van der Waals surface area (Å²) in [7, 11) is 0. The van der Waals surface area contributed by atoms with E-state index in [1.165, 1.54) is 5.56 Å². The highest BCUT2D eigenvalue weighted by Gasteiger charge is 2.03. The fourth-order valence-electron chi connectivity index (χ4n) is 2.46. The second-order valence-electron chi connectivity index (χ2n) is 5.84. The molecule has 3 aromatic rings. The third kappa shape index (κ3) is 4.95. The van der Waals surface area contributed by atoms with Gasteiger partial charge in [-0.25, -0.2) is 4.98 Å². The van der Waals surface area contributed by atoms with E-state index < -0.39 is 0 Å². The van der Waals surface area contributed by atoms with Gasteiger partial charge in [0, 0.05) is 29.0 Å². The van der Waals surface area contributed by atoms with Crippen LogP contribution in [0, 0.1) is 18.3 Å². The van der Waals surface area contributed by atoms with Gasteiger partial charge in [-0.05, 0) is 55.3 Å². The third-order valence-electron chi connectivity index (χ3n) is 3.76. The van der Waals surface area contributed by atoms with Crippen LogP contribution in [0.5, 0.6) is 0 Å². The number of rotatable bonds is 6. The van der Waals surface area contributed by atoms with Crippen LogP contribution >= 0.6 is 11.6 Å². The van der Waals surface area contributed by atoms with Gasteiger partial charge in [-0.15, -0.1) is 0 Å². The van der Waals surface area contributed by atoms with Crippen molar-refractivity contribution < 1.29 is 0 Å². The molecule has 0 spiro atoms. The highest BCUT2D eigenvalue weighted by molar-refractivity contribution is 6.30. The zero-order valence-corrected chi connectivity index (χ0v) is 15.1. The molecule has 5 nitrogen and oxygen atoms in total. The van der Waals surface area contributed by atoms with Crippen molar-refractivity contribution in [3.8, 4) is 6.07 Å². The predicted octanol–water partition coefficient (Wildman–Crippen LogP) is 4.71. The minimum absolute atomic E-state index is 0.517. The first-order chi connectivity index (χ1) is 12.6. The first-order valence-electron chi connectivity index (χ1n) is 8.23. The number of halogens is 1. The van der Waals surface area contributed by atoms with Gasteiger partial charge >= 0.3 is 0 Å². The number of anilines is 3. The lowest BCUT2D eigenvalue weighted by atomic mass is 10.1. The average Bonchev–Trinajstić information content (AvgIpc) is 2.64. The van der Waals surface area contributed by atoms with Crippen molar-refractivity contribution in [1.82, 2.24) is 9.97 Å². The molecule has 1 heterocycles. The van der Waals surface area contributed by atoms with Gasteiger partial charge in [-0.3, -0.25) is 0 Å². The van der Waals surface area contributed by atoms with Gasteiger partial charge in [0.05, 0.1) is 11.6 Å². The number of aromatic nitrogens is 2. The zero-order chi connectivity index (χ0) is 18.4. The Kier molecular flexibility index (Phi) is 5.67. The summed E-state index contributed by atoms with van der Waals surface area (Å²) in [6.07, 6.45) is 0.874. The van der Waals surface area contributed by atoms with Gasteiger partial charge in [0.15, 0.2) is 0 Å².